The van der Waals surface area contributed by atoms with Crippen molar-refractivity contribution in [2.24, 2.45) is 5.73 Å². The van der Waals surface area contributed by atoms with Crippen LogP contribution in [-0.2, 0) is 6.18 Å². The maximum atomic E-state index is 12.7. The first-order valence-electron chi connectivity index (χ1n) is 4.99. The van der Waals surface area contributed by atoms with Gasteiger partial charge in [-0.1, -0.05) is 6.92 Å². The lowest BCUT2D eigenvalue weighted by atomic mass is 9.97. The molecule has 1 unspecified atom stereocenters. The number of halogens is 3. The van der Waals surface area contributed by atoms with Crippen LogP contribution in [-0.4, -0.2) is 18.8 Å². The fraction of sp³-hybridized carbons (Fsp3) is 0.455. The number of ether oxygens (including phenoxy) is 1. The summed E-state index contributed by atoms with van der Waals surface area (Å²) < 4.78 is 42.8. The van der Waals surface area contributed by atoms with Crippen LogP contribution < -0.4 is 10.5 Å². The van der Waals surface area contributed by atoms with Gasteiger partial charge < -0.3 is 15.6 Å². The molecule has 1 atom stereocenters. The Hall–Kier alpha value is -1.43. The van der Waals surface area contributed by atoms with E-state index in [0.717, 1.165) is 6.07 Å². The standard InChI is InChI=1S/C11H14F3NO2/c1-6(5-15)8-3-7(17-2)4-9(10(8)16)11(12,13)14/h3-4,6,16H,5,15H2,1-2H3. The quantitative estimate of drug-likeness (QED) is 0.865. The second kappa shape index (κ2) is 4.83. The Morgan fingerprint density at radius 1 is 1.41 bits per heavy atom. The maximum Gasteiger partial charge on any atom is 0.420 e. The average Bonchev–Trinajstić information content (AvgIpc) is 2.26. The monoisotopic (exact) mass is 249 g/mol. The molecule has 17 heavy (non-hydrogen) atoms. The molecular formula is C11H14F3NO2. The molecule has 0 aromatic heterocycles. The Bertz CT molecular complexity index is 404. The van der Waals surface area contributed by atoms with Crippen LogP contribution >= 0.6 is 0 Å². The molecule has 3 nitrogen and oxygen atoms in total. The van der Waals surface area contributed by atoms with Crippen molar-refractivity contribution in [2.45, 2.75) is 19.0 Å². The van der Waals surface area contributed by atoms with Gasteiger partial charge in [0, 0.05) is 5.56 Å². The zero-order valence-electron chi connectivity index (χ0n) is 9.51. The number of phenolic OH excluding ortho intramolecular Hbond substituents is 1. The van der Waals surface area contributed by atoms with Crippen LogP contribution in [0.5, 0.6) is 11.5 Å². The summed E-state index contributed by atoms with van der Waals surface area (Å²) >= 11 is 0. The zero-order chi connectivity index (χ0) is 13.2. The Kier molecular flexibility index (Phi) is 3.87. The first kappa shape index (κ1) is 13.6. The van der Waals surface area contributed by atoms with Crippen molar-refractivity contribution in [1.29, 1.82) is 0 Å². The van der Waals surface area contributed by atoms with Gasteiger partial charge in [-0.3, -0.25) is 0 Å². The Morgan fingerprint density at radius 2 is 2.00 bits per heavy atom. The molecule has 1 aromatic carbocycles. The molecule has 0 saturated heterocycles. The third-order valence-electron chi connectivity index (χ3n) is 2.54. The lowest BCUT2D eigenvalue weighted by Gasteiger charge is -2.17. The molecule has 0 aliphatic rings. The van der Waals surface area contributed by atoms with Crippen molar-refractivity contribution >= 4 is 0 Å². The molecule has 0 heterocycles. The van der Waals surface area contributed by atoms with E-state index in [1.54, 1.807) is 6.92 Å². The van der Waals surface area contributed by atoms with Gasteiger partial charge in [0.15, 0.2) is 0 Å². The predicted molar refractivity (Wildman–Crippen MR) is 57.1 cm³/mol. The van der Waals surface area contributed by atoms with Gasteiger partial charge in [-0.15, -0.1) is 0 Å². The molecule has 0 fully saturated rings. The number of aromatic hydroxyl groups is 1. The van der Waals surface area contributed by atoms with Gasteiger partial charge in [0.05, 0.1) is 7.11 Å². The molecule has 0 amide bonds. The zero-order valence-corrected chi connectivity index (χ0v) is 9.51. The van der Waals surface area contributed by atoms with Crippen molar-refractivity contribution in [3.63, 3.8) is 0 Å². The molecule has 1 rings (SSSR count). The summed E-state index contributed by atoms with van der Waals surface area (Å²) in [5.41, 5.74) is 4.42. The Morgan fingerprint density at radius 3 is 2.41 bits per heavy atom. The molecular weight excluding hydrogens is 235 g/mol. The molecule has 0 aliphatic heterocycles. The molecule has 0 spiro atoms. The number of hydrogen-bond donors (Lipinski definition) is 2. The first-order valence-corrected chi connectivity index (χ1v) is 4.99. The summed E-state index contributed by atoms with van der Waals surface area (Å²) in [5, 5.41) is 9.61. The highest BCUT2D eigenvalue weighted by Crippen LogP contribution is 2.42. The second-order valence-electron chi connectivity index (χ2n) is 3.75. The minimum atomic E-state index is -4.62. The SMILES string of the molecule is COc1cc(C(C)CN)c(O)c(C(F)(F)F)c1. The summed E-state index contributed by atoms with van der Waals surface area (Å²) in [7, 11) is 1.27. The lowest BCUT2D eigenvalue weighted by Crippen LogP contribution is -2.12. The van der Waals surface area contributed by atoms with Gasteiger partial charge in [0.1, 0.15) is 17.1 Å². The summed E-state index contributed by atoms with van der Waals surface area (Å²) in [4.78, 5) is 0. The number of methoxy groups -OCH3 is 1. The fourth-order valence-electron chi connectivity index (χ4n) is 1.47. The first-order chi connectivity index (χ1) is 7.81. The Balaban J connectivity index is 3.41. The predicted octanol–water partition coefficient (Wildman–Crippen LogP) is 2.48. The van der Waals surface area contributed by atoms with E-state index in [1.807, 2.05) is 0 Å². The van der Waals surface area contributed by atoms with Crippen LogP contribution in [0.2, 0.25) is 0 Å². The highest BCUT2D eigenvalue weighted by molar-refractivity contribution is 5.49. The highest BCUT2D eigenvalue weighted by atomic mass is 19.4. The topological polar surface area (TPSA) is 55.5 Å². The van der Waals surface area contributed by atoms with Crippen molar-refractivity contribution in [2.75, 3.05) is 13.7 Å². The smallest absolute Gasteiger partial charge is 0.420 e. The van der Waals surface area contributed by atoms with E-state index in [2.05, 4.69) is 0 Å². The molecule has 6 heteroatoms. The average molecular weight is 249 g/mol. The van der Waals surface area contributed by atoms with Gasteiger partial charge in [-0.25, -0.2) is 0 Å². The van der Waals surface area contributed by atoms with Crippen LogP contribution in [0.4, 0.5) is 13.2 Å². The molecule has 1 aromatic rings. The highest BCUT2D eigenvalue weighted by Gasteiger charge is 2.36. The fourth-order valence-corrected chi connectivity index (χ4v) is 1.47. The molecule has 3 N–H and O–H groups in total. The van der Waals surface area contributed by atoms with E-state index in [-0.39, 0.29) is 23.8 Å². The van der Waals surface area contributed by atoms with E-state index < -0.39 is 17.5 Å². The largest absolute Gasteiger partial charge is 0.507 e. The van der Waals surface area contributed by atoms with Gasteiger partial charge in [-0.2, -0.15) is 13.2 Å². The van der Waals surface area contributed by atoms with Gasteiger partial charge in [0.2, 0.25) is 0 Å². The molecule has 0 radical (unpaired) electrons. The summed E-state index contributed by atoms with van der Waals surface area (Å²) in [6, 6.07) is 2.13. The van der Waals surface area contributed by atoms with Crippen LogP contribution in [0.3, 0.4) is 0 Å². The second-order valence-corrected chi connectivity index (χ2v) is 3.75. The summed E-state index contributed by atoms with van der Waals surface area (Å²) in [6.07, 6.45) is -4.62. The van der Waals surface area contributed by atoms with Gasteiger partial charge in [0.25, 0.3) is 0 Å². The van der Waals surface area contributed by atoms with Gasteiger partial charge >= 0.3 is 6.18 Å². The third-order valence-corrected chi connectivity index (χ3v) is 2.54. The molecule has 96 valence electrons. The minimum absolute atomic E-state index is 0.0467. The minimum Gasteiger partial charge on any atom is -0.507 e. The number of nitrogens with two attached hydrogens (primary N) is 1. The lowest BCUT2D eigenvalue weighted by molar-refractivity contribution is -0.138. The van der Waals surface area contributed by atoms with Crippen molar-refractivity contribution in [3.05, 3.63) is 23.3 Å². The van der Waals surface area contributed by atoms with Crippen molar-refractivity contribution in [3.8, 4) is 11.5 Å². The van der Waals surface area contributed by atoms with Crippen LogP contribution in [0, 0.1) is 0 Å². The third kappa shape index (κ3) is 2.82. The van der Waals surface area contributed by atoms with Crippen molar-refractivity contribution in [1.82, 2.24) is 0 Å². The summed E-state index contributed by atoms with van der Waals surface area (Å²) in [5.74, 6) is -1.12. The number of rotatable bonds is 3. The van der Waals surface area contributed by atoms with E-state index in [1.165, 1.54) is 13.2 Å². The summed E-state index contributed by atoms with van der Waals surface area (Å²) in [6.45, 7) is 1.77. The van der Waals surface area contributed by atoms with E-state index in [9.17, 15) is 18.3 Å². The normalized spacial score (nSPS) is 13.5. The van der Waals surface area contributed by atoms with E-state index in [0.29, 0.717) is 0 Å². The van der Waals surface area contributed by atoms with E-state index in [4.69, 9.17) is 10.5 Å². The van der Waals surface area contributed by atoms with Crippen LogP contribution in [0.25, 0.3) is 0 Å². The molecule has 0 aliphatic carbocycles. The molecule has 0 bridgehead atoms. The number of hydrogen-bond acceptors (Lipinski definition) is 3. The number of alkyl halides is 3. The number of phenols is 1. The molecule has 0 saturated carbocycles. The van der Waals surface area contributed by atoms with Crippen LogP contribution in [0.1, 0.15) is 24.0 Å². The maximum absolute atomic E-state index is 12.7. The Labute approximate surface area is 97.0 Å². The van der Waals surface area contributed by atoms with Gasteiger partial charge in [-0.05, 0) is 24.6 Å². The van der Waals surface area contributed by atoms with Crippen LogP contribution in [0.15, 0.2) is 12.1 Å². The van der Waals surface area contributed by atoms with E-state index >= 15 is 0 Å². The number of benzene rings is 1. The van der Waals surface area contributed by atoms with Crippen molar-refractivity contribution < 1.29 is 23.0 Å².